The molecular formula is C21H18BrClN2O5. The molecule has 0 aliphatic carbocycles. The molecule has 2 aromatic rings. The third-order valence-corrected chi connectivity index (χ3v) is 4.53. The molecular weight excluding hydrogens is 476 g/mol. The second-order valence-electron chi connectivity index (χ2n) is 5.76. The maximum Gasteiger partial charge on any atom is 0.343 e. The maximum absolute atomic E-state index is 12.5. The van der Waals surface area contributed by atoms with Gasteiger partial charge in [0.25, 0.3) is 5.91 Å². The average Bonchev–Trinajstić information content (AvgIpc) is 2.71. The third-order valence-electron chi connectivity index (χ3n) is 3.66. The zero-order chi connectivity index (χ0) is 22.1. The number of nitrogens with zero attached hydrogens (tertiary/aromatic N) is 1. The predicted molar refractivity (Wildman–Crippen MR) is 116 cm³/mol. The number of carbonyl (C=O) groups is 2. The van der Waals surface area contributed by atoms with E-state index in [9.17, 15) is 14.9 Å². The van der Waals surface area contributed by atoms with Crippen LogP contribution in [0.15, 0.2) is 46.4 Å². The second-order valence-corrected chi connectivity index (χ2v) is 7.02. The Bertz CT molecular complexity index is 994. The van der Waals surface area contributed by atoms with Crippen LogP contribution in [-0.2, 0) is 14.3 Å². The summed E-state index contributed by atoms with van der Waals surface area (Å²) >= 11 is 9.52. The molecule has 156 valence electrons. The van der Waals surface area contributed by atoms with E-state index in [1.54, 1.807) is 30.3 Å². The Hall–Kier alpha value is -3.02. The van der Waals surface area contributed by atoms with Crippen molar-refractivity contribution in [1.82, 2.24) is 0 Å². The number of nitrogens with one attached hydrogen (secondary N) is 1. The topological polar surface area (TPSA) is 97.6 Å². The molecule has 0 aliphatic heterocycles. The fraction of sp³-hybridized carbons (Fsp3) is 0.190. The van der Waals surface area contributed by atoms with Gasteiger partial charge in [-0.2, -0.15) is 5.26 Å². The van der Waals surface area contributed by atoms with Crippen LogP contribution in [0.5, 0.6) is 11.5 Å². The van der Waals surface area contributed by atoms with Gasteiger partial charge in [0.1, 0.15) is 17.4 Å². The van der Waals surface area contributed by atoms with Crippen molar-refractivity contribution < 1.29 is 23.8 Å². The molecule has 2 rings (SSSR count). The Kier molecular flexibility index (Phi) is 8.71. The van der Waals surface area contributed by atoms with Gasteiger partial charge in [-0.15, -0.1) is 0 Å². The largest absolute Gasteiger partial charge is 0.494 e. The number of anilines is 1. The first kappa shape index (κ1) is 23.3. The monoisotopic (exact) mass is 492 g/mol. The number of carbonyl (C=O) groups excluding carboxylic acids is 2. The van der Waals surface area contributed by atoms with Gasteiger partial charge in [-0.1, -0.05) is 17.7 Å². The SMILES string of the molecule is CCOc1cccc(NC(=O)/C(C#N)=C\c2cc(Cl)c(OCC(=O)OC)c(Br)c2)c1. The Morgan fingerprint density at radius 1 is 1.27 bits per heavy atom. The summed E-state index contributed by atoms with van der Waals surface area (Å²) in [4.78, 5) is 23.7. The van der Waals surface area contributed by atoms with Crippen molar-refractivity contribution in [2.75, 3.05) is 25.6 Å². The summed E-state index contributed by atoms with van der Waals surface area (Å²) in [6, 6.07) is 11.9. The quantitative estimate of drug-likeness (QED) is 0.328. The smallest absolute Gasteiger partial charge is 0.343 e. The number of halogens is 2. The van der Waals surface area contributed by atoms with Crippen molar-refractivity contribution in [1.29, 1.82) is 5.26 Å². The fourth-order valence-electron chi connectivity index (χ4n) is 2.33. The van der Waals surface area contributed by atoms with E-state index in [0.29, 0.717) is 28.1 Å². The van der Waals surface area contributed by atoms with E-state index >= 15 is 0 Å². The first-order chi connectivity index (χ1) is 14.4. The van der Waals surface area contributed by atoms with Crippen LogP contribution in [0, 0.1) is 11.3 Å². The number of hydrogen-bond donors (Lipinski definition) is 1. The summed E-state index contributed by atoms with van der Waals surface area (Å²) in [6.07, 6.45) is 1.39. The van der Waals surface area contributed by atoms with Gasteiger partial charge >= 0.3 is 5.97 Å². The van der Waals surface area contributed by atoms with Gasteiger partial charge < -0.3 is 19.5 Å². The molecule has 7 nitrogen and oxygen atoms in total. The molecule has 0 fully saturated rings. The molecule has 0 bridgehead atoms. The van der Waals surface area contributed by atoms with Crippen molar-refractivity contribution in [2.24, 2.45) is 0 Å². The predicted octanol–water partition coefficient (Wildman–Crippen LogP) is 4.60. The minimum Gasteiger partial charge on any atom is -0.494 e. The number of esters is 1. The molecule has 0 aliphatic rings. The van der Waals surface area contributed by atoms with E-state index in [-0.39, 0.29) is 23.0 Å². The number of hydrogen-bond acceptors (Lipinski definition) is 6. The van der Waals surface area contributed by atoms with Crippen LogP contribution < -0.4 is 14.8 Å². The van der Waals surface area contributed by atoms with E-state index in [1.165, 1.54) is 19.3 Å². The van der Waals surface area contributed by atoms with Crippen LogP contribution in [-0.4, -0.2) is 32.2 Å². The Morgan fingerprint density at radius 2 is 2.03 bits per heavy atom. The van der Waals surface area contributed by atoms with Crippen LogP contribution in [0.2, 0.25) is 5.02 Å². The highest BCUT2D eigenvalue weighted by atomic mass is 79.9. The van der Waals surface area contributed by atoms with Gasteiger partial charge in [0, 0.05) is 11.8 Å². The summed E-state index contributed by atoms with van der Waals surface area (Å²) in [5.41, 5.74) is 0.868. The first-order valence-electron chi connectivity index (χ1n) is 8.72. The third kappa shape index (κ3) is 6.51. The van der Waals surface area contributed by atoms with Gasteiger partial charge in [-0.05, 0) is 58.8 Å². The Morgan fingerprint density at radius 3 is 2.67 bits per heavy atom. The van der Waals surface area contributed by atoms with Crippen LogP contribution in [0.1, 0.15) is 12.5 Å². The van der Waals surface area contributed by atoms with Crippen molar-refractivity contribution in [3.8, 4) is 17.6 Å². The molecule has 0 spiro atoms. The van der Waals surface area contributed by atoms with Gasteiger partial charge in [-0.25, -0.2) is 4.79 Å². The van der Waals surface area contributed by atoms with Crippen molar-refractivity contribution in [3.05, 3.63) is 57.0 Å². The number of methoxy groups -OCH3 is 1. The molecule has 9 heteroatoms. The van der Waals surface area contributed by atoms with Crippen LogP contribution >= 0.6 is 27.5 Å². The lowest BCUT2D eigenvalue weighted by molar-refractivity contribution is -0.142. The minimum atomic E-state index is -0.579. The van der Waals surface area contributed by atoms with E-state index in [4.69, 9.17) is 21.1 Å². The summed E-state index contributed by atoms with van der Waals surface area (Å²) in [5, 5.41) is 12.3. The lowest BCUT2D eigenvalue weighted by atomic mass is 10.1. The summed E-state index contributed by atoms with van der Waals surface area (Å²) in [7, 11) is 1.25. The lowest BCUT2D eigenvalue weighted by Crippen LogP contribution is -2.13. The van der Waals surface area contributed by atoms with Crippen molar-refractivity contribution in [2.45, 2.75) is 6.92 Å². The zero-order valence-electron chi connectivity index (χ0n) is 16.2. The van der Waals surface area contributed by atoms with Crippen molar-refractivity contribution in [3.63, 3.8) is 0 Å². The van der Waals surface area contributed by atoms with E-state index in [1.807, 2.05) is 13.0 Å². The standard InChI is InChI=1S/C21H18BrClN2O5/c1-3-29-16-6-4-5-15(10-16)25-21(27)14(11-24)7-13-8-17(22)20(18(23)9-13)30-12-19(26)28-2/h4-10H,3,12H2,1-2H3,(H,25,27)/b14-7-. The Balaban J connectivity index is 2.20. The van der Waals surface area contributed by atoms with Gasteiger partial charge in [0.2, 0.25) is 0 Å². The molecule has 0 aromatic heterocycles. The van der Waals surface area contributed by atoms with E-state index in [2.05, 4.69) is 26.0 Å². The van der Waals surface area contributed by atoms with Crippen LogP contribution in [0.3, 0.4) is 0 Å². The number of nitriles is 1. The molecule has 2 aromatic carbocycles. The van der Waals surface area contributed by atoms with Crippen molar-refractivity contribution >= 4 is 51.2 Å². The van der Waals surface area contributed by atoms with Gasteiger partial charge in [0.05, 0.1) is 23.2 Å². The molecule has 30 heavy (non-hydrogen) atoms. The number of ether oxygens (including phenoxy) is 3. The second kappa shape index (κ2) is 11.2. The number of rotatable bonds is 8. The molecule has 1 amide bonds. The highest BCUT2D eigenvalue weighted by Gasteiger charge is 2.14. The highest BCUT2D eigenvalue weighted by molar-refractivity contribution is 9.10. The maximum atomic E-state index is 12.5. The van der Waals surface area contributed by atoms with E-state index in [0.717, 1.165) is 0 Å². The van der Waals surface area contributed by atoms with Gasteiger partial charge in [0.15, 0.2) is 12.4 Å². The van der Waals surface area contributed by atoms with E-state index < -0.39 is 11.9 Å². The first-order valence-corrected chi connectivity index (χ1v) is 9.89. The number of benzene rings is 2. The zero-order valence-corrected chi connectivity index (χ0v) is 18.5. The highest BCUT2D eigenvalue weighted by Crippen LogP contribution is 2.35. The summed E-state index contributed by atoms with van der Waals surface area (Å²) < 4.78 is 15.7. The molecule has 0 radical (unpaired) electrons. The van der Waals surface area contributed by atoms with Gasteiger partial charge in [-0.3, -0.25) is 4.79 Å². The summed E-state index contributed by atoms with van der Waals surface area (Å²) in [6.45, 7) is 2.04. The fourth-order valence-corrected chi connectivity index (χ4v) is 3.32. The Labute approximate surface area is 187 Å². The molecule has 0 saturated carbocycles. The normalized spacial score (nSPS) is 10.7. The molecule has 0 unspecified atom stereocenters. The van der Waals surface area contributed by atoms with Crippen LogP contribution in [0.25, 0.3) is 6.08 Å². The number of amides is 1. The lowest BCUT2D eigenvalue weighted by Gasteiger charge is -2.10. The molecule has 0 saturated heterocycles. The molecule has 1 N–H and O–H groups in total. The molecule has 0 atom stereocenters. The van der Waals surface area contributed by atoms with Crippen LogP contribution in [0.4, 0.5) is 5.69 Å². The average molecular weight is 494 g/mol. The minimum absolute atomic E-state index is 0.122. The molecule has 0 heterocycles. The summed E-state index contributed by atoms with van der Waals surface area (Å²) in [5.74, 6) is -0.283.